The van der Waals surface area contributed by atoms with Gasteiger partial charge in [-0.15, -0.1) is 0 Å². The number of hydrogen-bond acceptors (Lipinski definition) is 1. The van der Waals surface area contributed by atoms with Crippen LogP contribution in [-0.2, 0) is 11.2 Å². The zero-order valence-electron chi connectivity index (χ0n) is 8.92. The van der Waals surface area contributed by atoms with Gasteiger partial charge in [-0.25, -0.2) is 0 Å². The molecule has 1 aliphatic carbocycles. The Morgan fingerprint density at radius 3 is 3.07 bits per heavy atom. The number of hydrogen-bond donors (Lipinski definition) is 0. The molecule has 0 saturated heterocycles. The van der Waals surface area contributed by atoms with Crippen molar-refractivity contribution in [1.29, 1.82) is 0 Å². The van der Waals surface area contributed by atoms with Crippen LogP contribution in [0.4, 0.5) is 0 Å². The van der Waals surface area contributed by atoms with Crippen LogP contribution in [0.2, 0.25) is 0 Å². The summed E-state index contributed by atoms with van der Waals surface area (Å²) in [6.45, 7) is 1.69. The van der Waals surface area contributed by atoms with Crippen LogP contribution in [0.1, 0.15) is 43.2 Å². The minimum Gasteiger partial charge on any atom is -0.300 e. The van der Waals surface area contributed by atoms with Gasteiger partial charge in [0.25, 0.3) is 0 Å². The van der Waals surface area contributed by atoms with E-state index in [1.54, 1.807) is 6.92 Å². The molecule has 15 heavy (non-hydrogen) atoms. The predicted molar refractivity (Wildman–Crippen MR) is 65.1 cm³/mol. The molecule has 0 heterocycles. The van der Waals surface area contributed by atoms with Gasteiger partial charge in [-0.05, 0) is 55.4 Å². The summed E-state index contributed by atoms with van der Waals surface area (Å²) < 4.78 is 1.14. The first kappa shape index (κ1) is 10.9. The van der Waals surface area contributed by atoms with E-state index in [1.807, 2.05) is 0 Å². The molecule has 1 aromatic carbocycles. The molecule has 1 unspecified atom stereocenters. The largest absolute Gasteiger partial charge is 0.300 e. The molecule has 1 aromatic rings. The third-order valence-electron chi connectivity index (χ3n) is 3.08. The molecule has 0 fully saturated rings. The average Bonchev–Trinajstić information content (AvgIpc) is 2.16. The van der Waals surface area contributed by atoms with E-state index < -0.39 is 0 Å². The topological polar surface area (TPSA) is 17.1 Å². The molecule has 80 valence electrons. The standard InChI is InChI=1S/C13H15BrO/c1-9(15)7-10-3-2-4-11-8-12(14)5-6-13(10)11/h5-6,8,10H,2-4,7H2,1H3. The zero-order chi connectivity index (χ0) is 10.8. The molecule has 1 aliphatic rings. The molecule has 0 N–H and O–H groups in total. The second-order valence-corrected chi connectivity index (χ2v) is 5.25. The van der Waals surface area contributed by atoms with Crippen molar-refractivity contribution in [1.82, 2.24) is 0 Å². The van der Waals surface area contributed by atoms with Crippen molar-refractivity contribution >= 4 is 21.7 Å². The smallest absolute Gasteiger partial charge is 0.130 e. The van der Waals surface area contributed by atoms with Gasteiger partial charge in [0.15, 0.2) is 0 Å². The first-order chi connectivity index (χ1) is 7.16. The number of ketones is 1. The van der Waals surface area contributed by atoms with Crippen molar-refractivity contribution in [2.24, 2.45) is 0 Å². The van der Waals surface area contributed by atoms with Crippen LogP contribution >= 0.6 is 15.9 Å². The number of carbonyl (C=O) groups is 1. The summed E-state index contributed by atoms with van der Waals surface area (Å²) in [5, 5.41) is 0. The van der Waals surface area contributed by atoms with Gasteiger partial charge in [-0.1, -0.05) is 22.0 Å². The van der Waals surface area contributed by atoms with E-state index >= 15 is 0 Å². The summed E-state index contributed by atoms with van der Waals surface area (Å²) in [5.74, 6) is 0.759. The average molecular weight is 267 g/mol. The second-order valence-electron chi connectivity index (χ2n) is 4.34. The number of Topliss-reactive ketones (excluding diaryl/α,β-unsaturated/α-hetero) is 1. The highest BCUT2D eigenvalue weighted by molar-refractivity contribution is 9.10. The first-order valence-electron chi connectivity index (χ1n) is 5.44. The maximum absolute atomic E-state index is 11.2. The van der Waals surface area contributed by atoms with Crippen molar-refractivity contribution in [3.63, 3.8) is 0 Å². The number of benzene rings is 1. The molecule has 2 heteroatoms. The quantitative estimate of drug-likeness (QED) is 0.795. The van der Waals surface area contributed by atoms with E-state index in [1.165, 1.54) is 17.5 Å². The minimum absolute atomic E-state index is 0.302. The fourth-order valence-corrected chi connectivity index (χ4v) is 2.85. The molecule has 0 radical (unpaired) electrons. The zero-order valence-corrected chi connectivity index (χ0v) is 10.5. The van der Waals surface area contributed by atoms with Crippen LogP contribution in [0, 0.1) is 0 Å². The van der Waals surface area contributed by atoms with E-state index in [0.29, 0.717) is 18.1 Å². The lowest BCUT2D eigenvalue weighted by Gasteiger charge is -2.24. The van der Waals surface area contributed by atoms with E-state index in [-0.39, 0.29) is 0 Å². The molecule has 0 spiro atoms. The molecule has 1 atom stereocenters. The van der Waals surface area contributed by atoms with Gasteiger partial charge >= 0.3 is 0 Å². The van der Waals surface area contributed by atoms with Crippen LogP contribution in [0.5, 0.6) is 0 Å². The van der Waals surface area contributed by atoms with Gasteiger partial charge in [-0.2, -0.15) is 0 Å². The highest BCUT2D eigenvalue weighted by atomic mass is 79.9. The Labute approximate surface area is 99.0 Å². The van der Waals surface area contributed by atoms with Gasteiger partial charge in [-0.3, -0.25) is 0 Å². The summed E-state index contributed by atoms with van der Waals surface area (Å²) in [7, 11) is 0. The lowest BCUT2D eigenvalue weighted by atomic mass is 9.80. The normalized spacial score (nSPS) is 19.7. The Morgan fingerprint density at radius 1 is 1.53 bits per heavy atom. The number of carbonyl (C=O) groups excluding carboxylic acids is 1. The van der Waals surface area contributed by atoms with Crippen LogP contribution in [-0.4, -0.2) is 5.78 Å². The second kappa shape index (κ2) is 4.48. The van der Waals surface area contributed by atoms with E-state index in [0.717, 1.165) is 17.3 Å². The van der Waals surface area contributed by atoms with Crippen molar-refractivity contribution in [3.8, 4) is 0 Å². The number of halogens is 1. The van der Waals surface area contributed by atoms with Crippen LogP contribution < -0.4 is 0 Å². The maximum atomic E-state index is 11.2. The molecule has 0 bridgehead atoms. The minimum atomic E-state index is 0.302. The Bertz CT molecular complexity index is 384. The lowest BCUT2D eigenvalue weighted by Crippen LogP contribution is -2.12. The van der Waals surface area contributed by atoms with E-state index in [4.69, 9.17) is 0 Å². The number of fused-ring (bicyclic) bond motifs is 1. The first-order valence-corrected chi connectivity index (χ1v) is 6.24. The third kappa shape index (κ3) is 2.49. The number of aryl methyl sites for hydroxylation is 1. The monoisotopic (exact) mass is 266 g/mol. The maximum Gasteiger partial charge on any atom is 0.130 e. The van der Waals surface area contributed by atoms with Gasteiger partial charge in [0.2, 0.25) is 0 Å². The van der Waals surface area contributed by atoms with Crippen LogP contribution in [0.25, 0.3) is 0 Å². The molecule has 0 aromatic heterocycles. The molecule has 0 aliphatic heterocycles. The van der Waals surface area contributed by atoms with E-state index in [2.05, 4.69) is 34.1 Å². The van der Waals surface area contributed by atoms with Gasteiger partial charge in [0.1, 0.15) is 5.78 Å². The van der Waals surface area contributed by atoms with Crippen molar-refractivity contribution in [3.05, 3.63) is 33.8 Å². The Hall–Kier alpha value is -0.630. The third-order valence-corrected chi connectivity index (χ3v) is 3.57. The van der Waals surface area contributed by atoms with Crippen molar-refractivity contribution in [2.75, 3.05) is 0 Å². The Kier molecular flexibility index (Phi) is 3.25. The summed E-state index contributed by atoms with van der Waals surface area (Å²) in [6.07, 6.45) is 4.23. The highest BCUT2D eigenvalue weighted by Gasteiger charge is 2.21. The number of rotatable bonds is 2. The summed E-state index contributed by atoms with van der Waals surface area (Å²) in [4.78, 5) is 11.2. The fourth-order valence-electron chi connectivity index (χ4n) is 2.44. The lowest BCUT2D eigenvalue weighted by molar-refractivity contribution is -0.117. The molecule has 0 amide bonds. The van der Waals surface area contributed by atoms with Gasteiger partial charge in [0.05, 0.1) is 0 Å². The van der Waals surface area contributed by atoms with Crippen molar-refractivity contribution in [2.45, 2.75) is 38.5 Å². The predicted octanol–water partition coefficient (Wildman–Crippen LogP) is 3.85. The SMILES string of the molecule is CC(=O)CC1CCCc2cc(Br)ccc21. The van der Waals surface area contributed by atoms with Crippen LogP contribution in [0.15, 0.2) is 22.7 Å². The van der Waals surface area contributed by atoms with E-state index in [9.17, 15) is 4.79 Å². The Morgan fingerprint density at radius 2 is 2.33 bits per heavy atom. The van der Waals surface area contributed by atoms with Crippen molar-refractivity contribution < 1.29 is 4.79 Å². The van der Waals surface area contributed by atoms with Gasteiger partial charge in [0, 0.05) is 10.9 Å². The molecule has 0 saturated carbocycles. The molecule has 1 nitrogen and oxygen atoms in total. The Balaban J connectivity index is 2.30. The molecular formula is C13H15BrO. The van der Waals surface area contributed by atoms with Crippen LogP contribution in [0.3, 0.4) is 0 Å². The highest BCUT2D eigenvalue weighted by Crippen LogP contribution is 2.35. The summed E-state index contributed by atoms with van der Waals surface area (Å²) in [6, 6.07) is 6.45. The van der Waals surface area contributed by atoms with Gasteiger partial charge < -0.3 is 4.79 Å². The summed E-state index contributed by atoms with van der Waals surface area (Å²) in [5.41, 5.74) is 2.81. The molecular weight excluding hydrogens is 252 g/mol. The summed E-state index contributed by atoms with van der Waals surface area (Å²) >= 11 is 3.49. The fraction of sp³-hybridized carbons (Fsp3) is 0.462. The molecule has 2 rings (SSSR count).